The van der Waals surface area contributed by atoms with Gasteiger partial charge in [0.05, 0.1) is 11.0 Å². The molecule has 0 aliphatic heterocycles. The van der Waals surface area contributed by atoms with E-state index in [9.17, 15) is 0 Å². The van der Waals surface area contributed by atoms with Crippen LogP contribution in [0, 0.1) is 0 Å². The predicted molar refractivity (Wildman–Crippen MR) is 114 cm³/mol. The first kappa shape index (κ1) is 15.5. The number of para-hydroxylation sites is 1. The van der Waals surface area contributed by atoms with Gasteiger partial charge in [0, 0.05) is 27.3 Å². The van der Waals surface area contributed by atoms with Gasteiger partial charge in [-0.2, -0.15) is 0 Å². The summed E-state index contributed by atoms with van der Waals surface area (Å²) in [5.74, 6) is 0.452. The maximum Gasteiger partial charge on any atom is 0.0552 e. The molecule has 5 rings (SSSR count). The van der Waals surface area contributed by atoms with Crippen molar-refractivity contribution in [3.05, 3.63) is 96.6 Å². The fraction of sp³-hybridized carbons (Fsp3) is 0.0833. The van der Waals surface area contributed by atoms with Gasteiger partial charge in [0.2, 0.25) is 0 Å². The number of fused-ring (bicyclic) bond motifs is 3. The zero-order valence-corrected chi connectivity index (χ0v) is 15.2. The van der Waals surface area contributed by atoms with E-state index in [4.69, 9.17) is 12.6 Å². The van der Waals surface area contributed by atoms with Gasteiger partial charge in [-0.15, -0.1) is 12.6 Å². The molecule has 1 atom stereocenters. The van der Waals surface area contributed by atoms with Crippen molar-refractivity contribution in [1.29, 1.82) is 0 Å². The lowest BCUT2D eigenvalue weighted by atomic mass is 9.92. The lowest BCUT2D eigenvalue weighted by molar-refractivity contribution is 0.850. The molecule has 1 aromatic heterocycles. The fourth-order valence-electron chi connectivity index (χ4n) is 4.00. The summed E-state index contributed by atoms with van der Waals surface area (Å²) < 4.78 is 2.36. The van der Waals surface area contributed by atoms with Crippen molar-refractivity contribution in [1.82, 2.24) is 4.57 Å². The molecule has 1 heterocycles. The van der Waals surface area contributed by atoms with E-state index in [1.807, 2.05) is 0 Å². The molecule has 26 heavy (non-hydrogen) atoms. The van der Waals surface area contributed by atoms with Crippen LogP contribution in [0.2, 0.25) is 0 Å². The highest BCUT2D eigenvalue weighted by Crippen LogP contribution is 2.37. The molecular formula is C24H19NS. The van der Waals surface area contributed by atoms with E-state index in [0.29, 0.717) is 5.92 Å². The van der Waals surface area contributed by atoms with Crippen molar-refractivity contribution in [2.45, 2.75) is 17.2 Å². The van der Waals surface area contributed by atoms with Crippen LogP contribution in [0.5, 0.6) is 0 Å². The third-order valence-corrected chi connectivity index (χ3v) is 5.61. The molecule has 0 saturated carbocycles. The first-order valence-electron chi connectivity index (χ1n) is 8.98. The largest absolute Gasteiger partial charge is 0.310 e. The van der Waals surface area contributed by atoms with Crippen LogP contribution in [-0.2, 0) is 0 Å². The topological polar surface area (TPSA) is 4.93 Å². The molecule has 1 aliphatic rings. The maximum absolute atomic E-state index is 4.71. The number of aromatic nitrogens is 1. The Hall–Kier alpha value is -2.71. The van der Waals surface area contributed by atoms with E-state index in [0.717, 1.165) is 11.3 Å². The van der Waals surface area contributed by atoms with Crippen molar-refractivity contribution in [2.75, 3.05) is 0 Å². The van der Waals surface area contributed by atoms with E-state index in [-0.39, 0.29) is 0 Å². The molecule has 0 radical (unpaired) electrons. The Labute approximate surface area is 158 Å². The highest BCUT2D eigenvalue weighted by molar-refractivity contribution is 7.80. The highest BCUT2D eigenvalue weighted by atomic mass is 32.1. The van der Waals surface area contributed by atoms with E-state index in [1.165, 1.54) is 33.1 Å². The van der Waals surface area contributed by atoms with E-state index >= 15 is 0 Å². The predicted octanol–water partition coefficient (Wildman–Crippen LogP) is 6.67. The molecule has 126 valence electrons. The molecule has 0 saturated heterocycles. The Kier molecular flexibility index (Phi) is 3.72. The van der Waals surface area contributed by atoms with Crippen LogP contribution in [-0.4, -0.2) is 4.57 Å². The molecule has 0 N–H and O–H groups in total. The Balaban J connectivity index is 1.65. The van der Waals surface area contributed by atoms with Gasteiger partial charge in [0.15, 0.2) is 0 Å². The minimum Gasteiger partial charge on any atom is -0.310 e. The van der Waals surface area contributed by atoms with Crippen LogP contribution < -0.4 is 0 Å². The first-order valence-corrected chi connectivity index (χ1v) is 9.42. The summed E-state index contributed by atoms with van der Waals surface area (Å²) in [6.07, 6.45) is 7.97. The highest BCUT2D eigenvalue weighted by Gasteiger charge is 2.17. The summed E-state index contributed by atoms with van der Waals surface area (Å²) in [6.45, 7) is 0. The minimum absolute atomic E-state index is 0.452. The Morgan fingerprint density at radius 3 is 2.38 bits per heavy atom. The normalized spacial score (nSPS) is 17.0. The van der Waals surface area contributed by atoms with Crippen LogP contribution in [0.25, 0.3) is 27.5 Å². The lowest BCUT2D eigenvalue weighted by Crippen LogP contribution is -2.02. The third-order valence-electron chi connectivity index (χ3n) is 5.24. The number of rotatable bonds is 2. The smallest absolute Gasteiger partial charge is 0.0552 e. The van der Waals surface area contributed by atoms with E-state index < -0.39 is 0 Å². The van der Waals surface area contributed by atoms with Crippen molar-refractivity contribution in [3.8, 4) is 0 Å². The summed E-state index contributed by atoms with van der Waals surface area (Å²) in [5, 5.41) is 2.48. The number of nitrogens with zero attached hydrogens (tertiary/aromatic N) is 1. The van der Waals surface area contributed by atoms with Gasteiger partial charge in [-0.3, -0.25) is 0 Å². The van der Waals surface area contributed by atoms with E-state index in [2.05, 4.69) is 95.6 Å². The van der Waals surface area contributed by atoms with Crippen molar-refractivity contribution in [2.24, 2.45) is 0 Å². The Bertz CT molecular complexity index is 1160. The molecule has 0 bridgehead atoms. The summed E-state index contributed by atoms with van der Waals surface area (Å²) >= 11 is 4.71. The summed E-state index contributed by atoms with van der Waals surface area (Å²) in [6, 6.07) is 25.7. The fourth-order valence-corrected chi connectivity index (χ4v) is 4.32. The van der Waals surface area contributed by atoms with Crippen molar-refractivity contribution >= 4 is 40.1 Å². The maximum atomic E-state index is 4.71. The van der Waals surface area contributed by atoms with Crippen LogP contribution in [0.3, 0.4) is 0 Å². The monoisotopic (exact) mass is 353 g/mol. The van der Waals surface area contributed by atoms with Crippen LogP contribution in [0.1, 0.15) is 17.9 Å². The second-order valence-corrected chi connectivity index (χ2v) is 7.25. The molecule has 1 nitrogen and oxygen atoms in total. The molecular weight excluding hydrogens is 334 g/mol. The average molecular weight is 353 g/mol. The van der Waals surface area contributed by atoms with Gasteiger partial charge in [-0.25, -0.2) is 0 Å². The SMILES string of the molecule is Sc1cccc2c1c1ccccc1n2C1=CCC(c2ccccc2)C=C1. The van der Waals surface area contributed by atoms with Crippen LogP contribution >= 0.6 is 12.6 Å². The quantitative estimate of drug-likeness (QED) is 0.384. The van der Waals surface area contributed by atoms with Gasteiger partial charge in [-0.05, 0) is 36.3 Å². The zero-order valence-electron chi connectivity index (χ0n) is 14.3. The molecule has 3 aromatic carbocycles. The summed E-state index contributed by atoms with van der Waals surface area (Å²) in [4.78, 5) is 1.03. The molecule has 0 amide bonds. The summed E-state index contributed by atoms with van der Waals surface area (Å²) in [5.41, 5.74) is 5.06. The third kappa shape index (κ3) is 2.41. The first-order chi connectivity index (χ1) is 12.8. The Morgan fingerprint density at radius 2 is 1.58 bits per heavy atom. The molecule has 1 unspecified atom stereocenters. The van der Waals surface area contributed by atoms with Gasteiger partial charge < -0.3 is 4.57 Å². The van der Waals surface area contributed by atoms with E-state index in [1.54, 1.807) is 0 Å². The Morgan fingerprint density at radius 1 is 0.808 bits per heavy atom. The number of hydrogen-bond donors (Lipinski definition) is 1. The lowest BCUT2D eigenvalue weighted by Gasteiger charge is -2.18. The molecule has 0 fully saturated rings. The molecule has 1 aliphatic carbocycles. The zero-order chi connectivity index (χ0) is 17.5. The van der Waals surface area contributed by atoms with Crippen molar-refractivity contribution < 1.29 is 0 Å². The van der Waals surface area contributed by atoms with Gasteiger partial charge in [0.1, 0.15) is 0 Å². The number of benzene rings is 3. The number of thiol groups is 1. The standard InChI is InChI=1S/C24H19NS/c26-23-12-6-11-22-24(23)20-9-4-5-10-21(20)25(22)19-15-13-18(14-16-19)17-7-2-1-3-8-17/h1-13,15-16,18,26H,14H2. The second kappa shape index (κ2) is 6.22. The van der Waals surface area contributed by atoms with Crippen molar-refractivity contribution in [3.63, 3.8) is 0 Å². The van der Waals surface area contributed by atoms with Gasteiger partial charge in [0.25, 0.3) is 0 Å². The number of allylic oxidation sites excluding steroid dienone is 4. The summed E-state index contributed by atoms with van der Waals surface area (Å²) in [7, 11) is 0. The van der Waals surface area contributed by atoms with Gasteiger partial charge in [-0.1, -0.05) is 66.7 Å². The molecule has 4 aromatic rings. The molecule has 2 heteroatoms. The van der Waals surface area contributed by atoms with Crippen LogP contribution in [0.4, 0.5) is 0 Å². The minimum atomic E-state index is 0.452. The van der Waals surface area contributed by atoms with Crippen LogP contribution in [0.15, 0.2) is 95.9 Å². The second-order valence-electron chi connectivity index (χ2n) is 6.76. The van der Waals surface area contributed by atoms with Gasteiger partial charge >= 0.3 is 0 Å². The number of hydrogen-bond acceptors (Lipinski definition) is 1. The average Bonchev–Trinajstić information content (AvgIpc) is 3.04. The molecule has 0 spiro atoms.